The highest BCUT2D eigenvalue weighted by Gasteiger charge is 2.32. The zero-order chi connectivity index (χ0) is 39.0. The fourth-order valence-electron chi connectivity index (χ4n) is 6.74. The maximum Gasteiger partial charge on any atom is 0.296 e. The summed E-state index contributed by atoms with van der Waals surface area (Å²) >= 11 is 0. The van der Waals surface area contributed by atoms with Gasteiger partial charge in [-0.1, -0.05) is 73.2 Å². The third-order valence-electron chi connectivity index (χ3n) is 9.47. The van der Waals surface area contributed by atoms with Crippen molar-refractivity contribution in [1.82, 2.24) is 0 Å². The molecule has 0 heterocycles. The number of nitrogen functional groups attached to an aromatic ring is 1. The lowest BCUT2D eigenvalue weighted by Gasteiger charge is -2.24. The lowest BCUT2D eigenvalue weighted by atomic mass is 9.83. The number of anilines is 2. The van der Waals surface area contributed by atoms with Gasteiger partial charge < -0.3 is 15.7 Å². The molecule has 0 atom stereocenters. The molecule has 12 nitrogen and oxygen atoms in total. The van der Waals surface area contributed by atoms with Gasteiger partial charge in [0.2, 0.25) is 0 Å². The van der Waals surface area contributed by atoms with Gasteiger partial charge in [0.25, 0.3) is 10.1 Å². The summed E-state index contributed by atoms with van der Waals surface area (Å²) in [6.07, 6.45) is 0.997. The van der Waals surface area contributed by atoms with Crippen LogP contribution in [0, 0.1) is 13.8 Å². The van der Waals surface area contributed by atoms with Crippen molar-refractivity contribution in [2.45, 2.75) is 38.6 Å². The van der Waals surface area contributed by atoms with E-state index in [1.54, 1.807) is 31.2 Å². The molecule has 0 bridgehead atoms. The minimum atomic E-state index is -4.96. The van der Waals surface area contributed by atoms with E-state index < -0.39 is 32.2 Å². The van der Waals surface area contributed by atoms with Crippen LogP contribution in [0.15, 0.2) is 128 Å². The van der Waals surface area contributed by atoms with Crippen molar-refractivity contribution in [2.24, 2.45) is 20.5 Å². The van der Waals surface area contributed by atoms with E-state index in [1.165, 1.54) is 29.8 Å². The van der Waals surface area contributed by atoms with Gasteiger partial charge in [0.05, 0.1) is 28.0 Å². The first-order valence-electron chi connectivity index (χ1n) is 17.5. The average molecular weight is 753 g/mol. The number of aryl methyl sites for hydroxylation is 2. The van der Waals surface area contributed by atoms with Gasteiger partial charge in [0.15, 0.2) is 17.3 Å². The first-order valence-corrected chi connectivity index (χ1v) is 18.9. The summed E-state index contributed by atoms with van der Waals surface area (Å²) < 4.78 is 35.4. The van der Waals surface area contributed by atoms with Crippen molar-refractivity contribution in [3.8, 4) is 5.75 Å². The van der Waals surface area contributed by atoms with Crippen LogP contribution in [0.4, 0.5) is 34.1 Å². The van der Waals surface area contributed by atoms with Gasteiger partial charge in [-0.3, -0.25) is 14.1 Å². The lowest BCUT2D eigenvalue weighted by Crippen LogP contribution is -2.23. The van der Waals surface area contributed by atoms with E-state index in [1.807, 2.05) is 24.3 Å². The van der Waals surface area contributed by atoms with Crippen LogP contribution in [0.3, 0.4) is 0 Å². The highest BCUT2D eigenvalue weighted by atomic mass is 32.2. The fourth-order valence-corrected chi connectivity index (χ4v) is 7.40. The van der Waals surface area contributed by atoms with Crippen molar-refractivity contribution in [3.05, 3.63) is 142 Å². The Kier molecular flexibility index (Phi) is 9.82. The van der Waals surface area contributed by atoms with Gasteiger partial charge in [0, 0.05) is 35.5 Å². The number of rotatable bonds is 10. The van der Waals surface area contributed by atoms with Crippen molar-refractivity contribution in [1.29, 1.82) is 0 Å². The molecule has 276 valence electrons. The molecule has 7 rings (SSSR count). The summed E-state index contributed by atoms with van der Waals surface area (Å²) in [6.45, 7) is 7.52. The van der Waals surface area contributed by atoms with Crippen molar-refractivity contribution >= 4 is 66.6 Å². The number of nitrogens with two attached hydrogens (primary N) is 1. The second-order valence-corrected chi connectivity index (χ2v) is 14.7. The Morgan fingerprint density at radius 2 is 1.40 bits per heavy atom. The Labute approximate surface area is 317 Å². The molecule has 4 N–H and O–H groups in total. The molecule has 0 aliphatic heterocycles. The van der Waals surface area contributed by atoms with Gasteiger partial charge in [-0.25, -0.2) is 0 Å². The van der Waals surface area contributed by atoms with E-state index in [0.29, 0.717) is 17.8 Å². The summed E-state index contributed by atoms with van der Waals surface area (Å²) in [6, 6.07) is 29.6. The van der Waals surface area contributed by atoms with Crippen LogP contribution in [-0.4, -0.2) is 36.2 Å². The molecule has 0 saturated heterocycles. The third kappa shape index (κ3) is 7.10. The predicted molar refractivity (Wildman–Crippen MR) is 212 cm³/mol. The smallest absolute Gasteiger partial charge is 0.296 e. The third-order valence-corrected chi connectivity index (χ3v) is 10.3. The van der Waals surface area contributed by atoms with Crippen LogP contribution >= 0.6 is 0 Å². The minimum absolute atomic E-state index is 0.00126. The fraction of sp³-hybridized carbons (Fsp3) is 0.143. The first-order chi connectivity index (χ1) is 26.3. The number of phenols is 1. The number of carbonyl (C=O) groups is 2. The van der Waals surface area contributed by atoms with E-state index in [4.69, 9.17) is 5.73 Å². The quantitative estimate of drug-likeness (QED) is 0.0699. The Balaban J connectivity index is 1.23. The van der Waals surface area contributed by atoms with Crippen LogP contribution in [-0.2, 0) is 16.7 Å². The van der Waals surface area contributed by atoms with Crippen molar-refractivity contribution in [3.63, 3.8) is 0 Å². The van der Waals surface area contributed by atoms with Gasteiger partial charge >= 0.3 is 0 Å². The molecular formula is C42H36N6O6S. The zero-order valence-electron chi connectivity index (χ0n) is 30.2. The molecule has 0 saturated carbocycles. The molecule has 0 spiro atoms. The Bertz CT molecular complexity index is 2690. The predicted octanol–water partition coefficient (Wildman–Crippen LogP) is 10.0. The number of benzene rings is 6. The zero-order valence-corrected chi connectivity index (χ0v) is 31.0. The van der Waals surface area contributed by atoms with Crippen LogP contribution in [0.1, 0.15) is 61.9 Å². The number of aromatic hydroxyl groups is 1. The molecule has 0 aromatic heterocycles. The monoisotopic (exact) mass is 752 g/mol. The molecule has 0 amide bonds. The number of hydrogen-bond acceptors (Lipinski definition) is 11. The summed E-state index contributed by atoms with van der Waals surface area (Å²) in [5.41, 5.74) is 11.1. The molecule has 1 aliphatic carbocycles. The number of phenolic OH excluding ortho intramolecular Hbond substituents is 1. The van der Waals surface area contributed by atoms with Gasteiger partial charge in [0.1, 0.15) is 16.3 Å². The minimum Gasteiger partial charge on any atom is -0.505 e. The number of carbonyl (C=O) groups excluding carboxylic acids is 2. The Morgan fingerprint density at radius 3 is 2.07 bits per heavy atom. The Morgan fingerprint density at radius 1 is 0.745 bits per heavy atom. The topological polar surface area (TPSA) is 187 Å². The van der Waals surface area contributed by atoms with Crippen LogP contribution in [0.25, 0.3) is 10.8 Å². The highest BCUT2D eigenvalue weighted by Crippen LogP contribution is 2.47. The van der Waals surface area contributed by atoms with Crippen LogP contribution < -0.4 is 10.6 Å². The van der Waals surface area contributed by atoms with E-state index in [2.05, 4.69) is 63.5 Å². The number of ketones is 2. The summed E-state index contributed by atoms with van der Waals surface area (Å²) in [5, 5.41) is 28.7. The summed E-state index contributed by atoms with van der Waals surface area (Å²) in [7, 11) is -4.96. The normalized spacial score (nSPS) is 12.8. The van der Waals surface area contributed by atoms with E-state index in [0.717, 1.165) is 30.3 Å². The molecule has 6 aromatic carbocycles. The van der Waals surface area contributed by atoms with Crippen LogP contribution in [0.2, 0.25) is 0 Å². The Hall–Kier alpha value is -6.57. The lowest BCUT2D eigenvalue weighted by molar-refractivity contribution is 0.0979. The molecular weight excluding hydrogens is 717 g/mol. The second-order valence-electron chi connectivity index (χ2n) is 13.3. The maximum atomic E-state index is 13.5. The van der Waals surface area contributed by atoms with Crippen LogP contribution in [0.5, 0.6) is 5.75 Å². The van der Waals surface area contributed by atoms with E-state index in [9.17, 15) is 27.7 Å². The number of nitrogens with zero attached hydrogens (tertiary/aromatic N) is 5. The number of hydrogen-bond donors (Lipinski definition) is 3. The SMILES string of the molecule is CCCN(Cc1ccc(N=Nc2c(C)cc3cc(S(=O)(=O)O)c(N=Nc4cccc5c4C(=O)c4ccccc4C5=O)c(O)c3c2N)cc1)c1ccc(C)cc1. The standard InChI is InChI=1S/C42H36N6O6S/c1-4-20-48(29-18-12-24(2)13-19-29)23-26-14-16-28(17-15-26)44-46-38-25(3)21-27-22-34(55(52,53)54)39(42(51)35(27)37(38)43)47-45-33-11-7-10-32-36(33)41(50)31-9-6-5-8-30(31)40(32)49/h5-19,21-22,51H,4,20,23,43H2,1-3H3,(H,52,53,54). The number of fused-ring (bicyclic) bond motifs is 3. The molecule has 1 aliphatic rings. The molecule has 55 heavy (non-hydrogen) atoms. The molecule has 0 radical (unpaired) electrons. The van der Waals surface area contributed by atoms with Gasteiger partial charge in [-0.2, -0.15) is 13.5 Å². The van der Waals surface area contributed by atoms with Crippen molar-refractivity contribution < 1.29 is 27.7 Å². The maximum absolute atomic E-state index is 13.5. The highest BCUT2D eigenvalue weighted by molar-refractivity contribution is 7.86. The molecule has 6 aromatic rings. The largest absolute Gasteiger partial charge is 0.505 e. The molecule has 0 unspecified atom stereocenters. The molecule has 0 fully saturated rings. The second kappa shape index (κ2) is 14.7. The van der Waals surface area contributed by atoms with Crippen molar-refractivity contribution in [2.75, 3.05) is 17.2 Å². The first kappa shape index (κ1) is 36.8. The summed E-state index contributed by atoms with van der Waals surface area (Å²) in [5.74, 6) is -1.55. The van der Waals surface area contributed by atoms with E-state index in [-0.39, 0.29) is 55.9 Å². The van der Waals surface area contributed by atoms with Gasteiger partial charge in [-0.05, 0) is 79.2 Å². The average Bonchev–Trinajstić information content (AvgIpc) is 3.16. The number of azo groups is 2. The van der Waals surface area contributed by atoms with E-state index >= 15 is 0 Å². The molecule has 13 heteroatoms. The van der Waals surface area contributed by atoms with Gasteiger partial charge in [-0.15, -0.1) is 15.3 Å². The summed E-state index contributed by atoms with van der Waals surface area (Å²) in [4.78, 5) is 28.3.